The highest BCUT2D eigenvalue weighted by Crippen LogP contribution is 2.68. The van der Waals surface area contributed by atoms with Crippen LogP contribution in [0.3, 0.4) is 0 Å². The monoisotopic (exact) mass is 526 g/mol. The summed E-state index contributed by atoms with van der Waals surface area (Å²) in [5, 5.41) is 35.3. The Labute approximate surface area is 226 Å². The summed E-state index contributed by atoms with van der Waals surface area (Å²) >= 11 is 6.18. The molecule has 5 nitrogen and oxygen atoms in total. The number of fused-ring (bicyclic) bond motifs is 6. The van der Waals surface area contributed by atoms with E-state index in [-0.39, 0.29) is 35.1 Å². The summed E-state index contributed by atoms with van der Waals surface area (Å²) in [7, 11) is 0. The molecule has 4 saturated carbocycles. The average Bonchev–Trinajstić information content (AvgIpc) is 3.22. The van der Waals surface area contributed by atoms with Crippen LogP contribution < -0.4 is 0 Å². The van der Waals surface area contributed by atoms with Gasteiger partial charge in [-0.25, -0.2) is 9.97 Å². The SMILES string of the molecule is C[C@H](CCc1ncc2ccc(Cl)cc2n1)[C@H]1CC[C@H]2[C@H]3C(C[C@H](O)[C@]12C)[C@@]1(C)CC[C@@H](O)C[C@H]1C[C@H]3O. The van der Waals surface area contributed by atoms with Gasteiger partial charge in [0.15, 0.2) is 0 Å². The van der Waals surface area contributed by atoms with Gasteiger partial charge in [-0.05, 0) is 116 Å². The smallest absolute Gasteiger partial charge is 0.128 e. The van der Waals surface area contributed by atoms with Crippen LogP contribution >= 0.6 is 11.6 Å². The first-order chi connectivity index (χ1) is 17.6. The predicted octanol–water partition coefficient (Wildman–Crippen LogP) is 5.81. The van der Waals surface area contributed by atoms with Gasteiger partial charge in [0.25, 0.3) is 0 Å². The first-order valence-electron chi connectivity index (χ1n) is 14.6. The first-order valence-corrected chi connectivity index (χ1v) is 14.9. The van der Waals surface area contributed by atoms with Gasteiger partial charge in [-0.15, -0.1) is 0 Å². The van der Waals surface area contributed by atoms with E-state index in [0.717, 1.165) is 74.5 Å². The fraction of sp³-hybridized carbons (Fsp3) is 0.742. The maximum atomic E-state index is 11.8. The highest BCUT2D eigenvalue weighted by Gasteiger charge is 2.65. The van der Waals surface area contributed by atoms with Crippen LogP contribution in [-0.2, 0) is 6.42 Å². The molecule has 6 heteroatoms. The van der Waals surface area contributed by atoms with E-state index in [2.05, 4.69) is 25.8 Å². The first kappa shape index (κ1) is 26.0. The van der Waals surface area contributed by atoms with Gasteiger partial charge >= 0.3 is 0 Å². The van der Waals surface area contributed by atoms with Crippen molar-refractivity contribution in [1.29, 1.82) is 0 Å². The minimum Gasteiger partial charge on any atom is -0.393 e. The topological polar surface area (TPSA) is 86.5 Å². The predicted molar refractivity (Wildman–Crippen MR) is 146 cm³/mol. The number of rotatable bonds is 4. The molecule has 11 atom stereocenters. The molecule has 2 aromatic rings. The van der Waals surface area contributed by atoms with Crippen LogP contribution in [0.25, 0.3) is 10.9 Å². The number of hydrogen-bond donors (Lipinski definition) is 3. The van der Waals surface area contributed by atoms with E-state index < -0.39 is 0 Å². The molecule has 0 bridgehead atoms. The molecule has 4 aliphatic carbocycles. The van der Waals surface area contributed by atoms with Gasteiger partial charge in [-0.2, -0.15) is 0 Å². The van der Waals surface area contributed by atoms with Crippen molar-refractivity contribution in [2.45, 2.75) is 96.9 Å². The molecule has 0 aliphatic heterocycles. The lowest BCUT2D eigenvalue weighted by molar-refractivity contribution is -0.207. The van der Waals surface area contributed by atoms with Crippen molar-refractivity contribution >= 4 is 22.5 Å². The lowest BCUT2D eigenvalue weighted by atomic mass is 9.43. The second-order valence-corrected chi connectivity index (χ2v) is 14.0. The Morgan fingerprint density at radius 2 is 1.86 bits per heavy atom. The largest absolute Gasteiger partial charge is 0.393 e. The Morgan fingerprint density at radius 1 is 1.05 bits per heavy atom. The minimum atomic E-state index is -0.345. The van der Waals surface area contributed by atoms with Crippen molar-refractivity contribution in [3.63, 3.8) is 0 Å². The molecule has 6 rings (SSSR count). The number of aromatic nitrogens is 2. The molecule has 4 aliphatic rings. The molecule has 1 aromatic carbocycles. The van der Waals surface area contributed by atoms with Crippen LogP contribution in [0, 0.1) is 46.3 Å². The summed E-state index contributed by atoms with van der Waals surface area (Å²) in [6, 6.07) is 5.73. The van der Waals surface area contributed by atoms with Crippen molar-refractivity contribution in [3.8, 4) is 0 Å². The lowest BCUT2D eigenvalue weighted by Crippen LogP contribution is -2.62. The Balaban J connectivity index is 1.20. The molecule has 37 heavy (non-hydrogen) atoms. The Bertz CT molecular complexity index is 1160. The molecule has 0 saturated heterocycles. The summed E-state index contributed by atoms with van der Waals surface area (Å²) in [5.41, 5.74) is 0.836. The van der Waals surface area contributed by atoms with E-state index in [1.54, 1.807) is 0 Å². The van der Waals surface area contributed by atoms with E-state index >= 15 is 0 Å². The second-order valence-electron chi connectivity index (χ2n) is 13.5. The van der Waals surface area contributed by atoms with Gasteiger partial charge < -0.3 is 15.3 Å². The summed E-state index contributed by atoms with van der Waals surface area (Å²) in [4.78, 5) is 9.38. The number of nitrogens with zero attached hydrogens (tertiary/aromatic N) is 2. The van der Waals surface area contributed by atoms with Gasteiger partial charge in [0.1, 0.15) is 5.82 Å². The van der Waals surface area contributed by atoms with Gasteiger partial charge in [0.2, 0.25) is 0 Å². The summed E-state index contributed by atoms with van der Waals surface area (Å²) in [6.07, 6.45) is 9.26. The third-order valence-electron chi connectivity index (χ3n) is 11.9. The number of aliphatic hydroxyl groups excluding tert-OH is 3. The molecular weight excluding hydrogens is 484 g/mol. The summed E-state index contributed by atoms with van der Waals surface area (Å²) < 4.78 is 0. The van der Waals surface area contributed by atoms with Crippen molar-refractivity contribution in [2.75, 3.05) is 0 Å². The zero-order chi connectivity index (χ0) is 26.1. The Hall–Kier alpha value is -1.27. The molecular formula is C31H43ClN2O3. The maximum absolute atomic E-state index is 11.8. The Morgan fingerprint density at radius 3 is 2.68 bits per heavy atom. The lowest BCUT2D eigenvalue weighted by Gasteiger charge is -2.63. The van der Waals surface area contributed by atoms with Crippen LogP contribution in [0.1, 0.15) is 78.0 Å². The van der Waals surface area contributed by atoms with Crippen LogP contribution in [-0.4, -0.2) is 43.6 Å². The molecule has 0 amide bonds. The average molecular weight is 527 g/mol. The van der Waals surface area contributed by atoms with Crippen molar-refractivity contribution < 1.29 is 15.3 Å². The van der Waals surface area contributed by atoms with Crippen LogP contribution in [0.15, 0.2) is 24.4 Å². The van der Waals surface area contributed by atoms with E-state index in [0.29, 0.717) is 34.6 Å². The third-order valence-corrected chi connectivity index (χ3v) is 12.2. The number of hydrogen-bond acceptors (Lipinski definition) is 5. The standard InChI is InChI=1S/C31H43ClN2O3/c1-17(4-9-28-33-16-18-5-6-20(32)14-25(18)34-28)22-7-8-23-29-24(15-27(37)31(22,23)3)30(2)11-10-21(35)12-19(30)13-26(29)36/h5-6,14,16-17,19,21-24,26-27,29,35-37H,4,7-13,15H2,1-3H3/t17-,19+,21-,22-,23+,24?,26-,27+,29+,30+,31-/m1/s1. The molecule has 1 aromatic heterocycles. The van der Waals surface area contributed by atoms with Crippen molar-refractivity contribution in [3.05, 3.63) is 35.2 Å². The normalized spacial score (nSPS) is 44.2. The van der Waals surface area contributed by atoms with Crippen LogP contribution in [0.4, 0.5) is 0 Å². The van der Waals surface area contributed by atoms with E-state index in [9.17, 15) is 15.3 Å². The molecule has 1 unspecified atom stereocenters. The van der Waals surface area contributed by atoms with Crippen molar-refractivity contribution in [2.24, 2.45) is 46.3 Å². The highest BCUT2D eigenvalue weighted by atomic mass is 35.5. The number of aliphatic hydroxyl groups is 3. The number of halogens is 1. The highest BCUT2D eigenvalue weighted by molar-refractivity contribution is 6.31. The summed E-state index contributed by atoms with van der Waals surface area (Å²) in [5.74, 6) is 3.03. The minimum absolute atomic E-state index is 0.117. The fourth-order valence-electron chi connectivity index (χ4n) is 9.84. The molecule has 3 N–H and O–H groups in total. The van der Waals surface area contributed by atoms with Crippen LogP contribution in [0.2, 0.25) is 5.02 Å². The van der Waals surface area contributed by atoms with E-state index in [4.69, 9.17) is 16.6 Å². The van der Waals surface area contributed by atoms with Crippen LogP contribution in [0.5, 0.6) is 0 Å². The molecule has 4 fully saturated rings. The van der Waals surface area contributed by atoms with Gasteiger partial charge in [-0.1, -0.05) is 32.4 Å². The summed E-state index contributed by atoms with van der Waals surface area (Å²) in [6.45, 7) is 7.06. The number of benzene rings is 1. The fourth-order valence-corrected chi connectivity index (χ4v) is 10.0. The second kappa shape index (κ2) is 9.43. The van der Waals surface area contributed by atoms with E-state index in [1.807, 2.05) is 24.4 Å². The zero-order valence-corrected chi connectivity index (χ0v) is 23.2. The molecule has 0 spiro atoms. The van der Waals surface area contributed by atoms with Gasteiger partial charge in [0, 0.05) is 23.0 Å². The quantitative estimate of drug-likeness (QED) is 0.467. The molecule has 202 valence electrons. The van der Waals surface area contributed by atoms with E-state index in [1.165, 1.54) is 0 Å². The maximum Gasteiger partial charge on any atom is 0.128 e. The van der Waals surface area contributed by atoms with Gasteiger partial charge in [-0.3, -0.25) is 0 Å². The van der Waals surface area contributed by atoms with Crippen molar-refractivity contribution in [1.82, 2.24) is 9.97 Å². The number of aryl methyl sites for hydroxylation is 1. The molecule has 1 heterocycles. The molecule has 0 radical (unpaired) electrons. The Kier molecular flexibility index (Phi) is 6.62. The zero-order valence-electron chi connectivity index (χ0n) is 22.5. The van der Waals surface area contributed by atoms with Gasteiger partial charge in [0.05, 0.1) is 23.8 Å². The third kappa shape index (κ3) is 4.15.